The summed E-state index contributed by atoms with van der Waals surface area (Å²) >= 11 is 3.36. The standard InChI is InChI=1S/C17H15BrN4O2/c1-24-16-8-4-14(5-9-16)21-17(23)20-13-2-6-15(7-3-13)22-11-12(18)10-19-22/h2-11H,1H3,(H2,20,21,23). The molecule has 122 valence electrons. The molecule has 0 saturated carbocycles. The van der Waals surface area contributed by atoms with Crippen molar-refractivity contribution < 1.29 is 9.53 Å². The Morgan fingerprint density at radius 1 is 1.04 bits per heavy atom. The summed E-state index contributed by atoms with van der Waals surface area (Å²) in [6.07, 6.45) is 3.58. The predicted octanol–water partition coefficient (Wildman–Crippen LogP) is 4.29. The molecule has 1 aromatic heterocycles. The quantitative estimate of drug-likeness (QED) is 0.702. The fourth-order valence-corrected chi connectivity index (χ4v) is 2.39. The normalized spacial score (nSPS) is 10.2. The second-order valence-electron chi connectivity index (χ2n) is 4.96. The largest absolute Gasteiger partial charge is 0.497 e. The van der Waals surface area contributed by atoms with Crippen molar-refractivity contribution in [3.05, 3.63) is 65.4 Å². The maximum Gasteiger partial charge on any atom is 0.323 e. The summed E-state index contributed by atoms with van der Waals surface area (Å²) in [5.74, 6) is 0.738. The zero-order valence-corrected chi connectivity index (χ0v) is 14.4. The van der Waals surface area contributed by atoms with Gasteiger partial charge in [-0.15, -0.1) is 0 Å². The molecule has 0 spiro atoms. The second kappa shape index (κ2) is 7.18. The van der Waals surface area contributed by atoms with E-state index in [9.17, 15) is 4.79 Å². The molecular formula is C17H15BrN4O2. The van der Waals surface area contributed by atoms with Crippen LogP contribution in [-0.4, -0.2) is 22.9 Å². The Morgan fingerprint density at radius 2 is 1.62 bits per heavy atom. The van der Waals surface area contributed by atoms with Crippen molar-refractivity contribution in [2.45, 2.75) is 0 Å². The average Bonchev–Trinajstić information content (AvgIpc) is 3.02. The molecule has 3 aromatic rings. The Bertz CT molecular complexity index is 829. The minimum absolute atomic E-state index is 0.310. The topological polar surface area (TPSA) is 68.2 Å². The van der Waals surface area contributed by atoms with Crippen molar-refractivity contribution in [3.63, 3.8) is 0 Å². The molecule has 2 amide bonds. The van der Waals surface area contributed by atoms with Gasteiger partial charge in [0.25, 0.3) is 0 Å². The first kappa shape index (κ1) is 16.1. The van der Waals surface area contributed by atoms with Crippen LogP contribution in [0.2, 0.25) is 0 Å². The molecular weight excluding hydrogens is 372 g/mol. The van der Waals surface area contributed by atoms with Gasteiger partial charge in [0.2, 0.25) is 0 Å². The fraction of sp³-hybridized carbons (Fsp3) is 0.0588. The zero-order valence-electron chi connectivity index (χ0n) is 12.9. The third-order valence-electron chi connectivity index (χ3n) is 3.29. The highest BCUT2D eigenvalue weighted by Gasteiger charge is 2.04. The maximum absolute atomic E-state index is 12.0. The van der Waals surface area contributed by atoms with Crippen LogP contribution in [0.15, 0.2) is 65.4 Å². The van der Waals surface area contributed by atoms with Gasteiger partial charge in [0.15, 0.2) is 0 Å². The molecule has 24 heavy (non-hydrogen) atoms. The number of carbonyl (C=O) groups is 1. The maximum atomic E-state index is 12.0. The SMILES string of the molecule is COc1ccc(NC(=O)Nc2ccc(-n3cc(Br)cn3)cc2)cc1. The Hall–Kier alpha value is -2.80. The van der Waals surface area contributed by atoms with Gasteiger partial charge in [-0.25, -0.2) is 9.48 Å². The number of methoxy groups -OCH3 is 1. The number of urea groups is 1. The van der Waals surface area contributed by atoms with E-state index in [2.05, 4.69) is 31.7 Å². The first-order valence-electron chi connectivity index (χ1n) is 7.17. The Morgan fingerprint density at radius 3 is 2.12 bits per heavy atom. The molecule has 0 unspecified atom stereocenters. The zero-order chi connectivity index (χ0) is 16.9. The van der Waals surface area contributed by atoms with Gasteiger partial charge in [-0.1, -0.05) is 0 Å². The predicted molar refractivity (Wildman–Crippen MR) is 96.9 cm³/mol. The second-order valence-corrected chi connectivity index (χ2v) is 5.87. The lowest BCUT2D eigenvalue weighted by Crippen LogP contribution is -2.19. The van der Waals surface area contributed by atoms with Crippen LogP contribution >= 0.6 is 15.9 Å². The fourth-order valence-electron chi connectivity index (χ4n) is 2.11. The highest BCUT2D eigenvalue weighted by molar-refractivity contribution is 9.10. The molecule has 3 rings (SSSR count). The van der Waals surface area contributed by atoms with E-state index in [1.807, 2.05) is 30.5 Å². The summed E-state index contributed by atoms with van der Waals surface area (Å²) in [7, 11) is 1.60. The number of aromatic nitrogens is 2. The van der Waals surface area contributed by atoms with Crippen molar-refractivity contribution in [1.29, 1.82) is 0 Å². The molecule has 2 aromatic carbocycles. The van der Waals surface area contributed by atoms with Crippen LogP contribution < -0.4 is 15.4 Å². The van der Waals surface area contributed by atoms with Crippen molar-refractivity contribution in [2.75, 3.05) is 17.7 Å². The molecule has 0 fully saturated rings. The highest BCUT2D eigenvalue weighted by atomic mass is 79.9. The monoisotopic (exact) mass is 386 g/mol. The van der Waals surface area contributed by atoms with Crippen LogP contribution in [0.25, 0.3) is 5.69 Å². The van der Waals surface area contributed by atoms with E-state index < -0.39 is 0 Å². The number of carbonyl (C=O) groups excluding carboxylic acids is 1. The van der Waals surface area contributed by atoms with Crippen molar-refractivity contribution in [1.82, 2.24) is 9.78 Å². The number of anilines is 2. The minimum atomic E-state index is -0.310. The lowest BCUT2D eigenvalue weighted by molar-refractivity contribution is 0.262. The molecule has 0 aliphatic carbocycles. The van der Waals surface area contributed by atoms with Gasteiger partial charge in [-0.3, -0.25) is 0 Å². The number of hydrogen-bond donors (Lipinski definition) is 2. The molecule has 0 saturated heterocycles. The van der Waals surface area contributed by atoms with Gasteiger partial charge in [0.05, 0.1) is 23.5 Å². The lowest BCUT2D eigenvalue weighted by atomic mass is 10.3. The summed E-state index contributed by atoms with van der Waals surface area (Å²) in [6, 6.07) is 14.2. The van der Waals surface area contributed by atoms with Crippen LogP contribution in [0.5, 0.6) is 5.75 Å². The Balaban J connectivity index is 1.61. The number of nitrogens with one attached hydrogen (secondary N) is 2. The third-order valence-corrected chi connectivity index (χ3v) is 3.70. The number of halogens is 1. The van der Waals surface area contributed by atoms with E-state index in [0.717, 1.165) is 15.9 Å². The Kier molecular flexibility index (Phi) is 4.81. The minimum Gasteiger partial charge on any atom is -0.497 e. The molecule has 0 aliphatic rings. The number of benzene rings is 2. The lowest BCUT2D eigenvalue weighted by Gasteiger charge is -2.09. The van der Waals surface area contributed by atoms with Crippen LogP contribution in [0.3, 0.4) is 0 Å². The van der Waals surface area contributed by atoms with Crippen molar-refractivity contribution in [3.8, 4) is 11.4 Å². The van der Waals surface area contributed by atoms with E-state index in [0.29, 0.717) is 11.4 Å². The van der Waals surface area contributed by atoms with E-state index in [1.54, 1.807) is 42.3 Å². The first-order chi connectivity index (χ1) is 11.6. The molecule has 6 nitrogen and oxygen atoms in total. The molecule has 7 heteroatoms. The van der Waals surface area contributed by atoms with Gasteiger partial charge < -0.3 is 15.4 Å². The number of rotatable bonds is 4. The molecule has 1 heterocycles. The van der Waals surface area contributed by atoms with Crippen LogP contribution in [0, 0.1) is 0 Å². The van der Waals surface area contributed by atoms with E-state index in [-0.39, 0.29) is 6.03 Å². The Labute approximate surface area is 147 Å². The van der Waals surface area contributed by atoms with E-state index in [1.165, 1.54) is 0 Å². The average molecular weight is 387 g/mol. The number of amides is 2. The van der Waals surface area contributed by atoms with E-state index >= 15 is 0 Å². The summed E-state index contributed by atoms with van der Waals surface area (Å²) < 4.78 is 7.73. The van der Waals surface area contributed by atoms with Gasteiger partial charge in [-0.05, 0) is 64.5 Å². The van der Waals surface area contributed by atoms with Gasteiger partial charge >= 0.3 is 6.03 Å². The third kappa shape index (κ3) is 3.94. The molecule has 0 aliphatic heterocycles. The van der Waals surface area contributed by atoms with Gasteiger partial charge in [-0.2, -0.15) is 5.10 Å². The molecule has 2 N–H and O–H groups in total. The number of nitrogens with zero attached hydrogens (tertiary/aromatic N) is 2. The van der Waals surface area contributed by atoms with Crippen LogP contribution in [-0.2, 0) is 0 Å². The number of ether oxygens (including phenoxy) is 1. The summed E-state index contributed by atoms with van der Waals surface area (Å²) in [4.78, 5) is 12.0. The summed E-state index contributed by atoms with van der Waals surface area (Å²) in [5.41, 5.74) is 2.28. The summed E-state index contributed by atoms with van der Waals surface area (Å²) in [5, 5.41) is 9.75. The highest BCUT2D eigenvalue weighted by Crippen LogP contribution is 2.17. The van der Waals surface area contributed by atoms with Gasteiger partial charge in [0, 0.05) is 17.6 Å². The van der Waals surface area contributed by atoms with E-state index in [4.69, 9.17) is 4.74 Å². The van der Waals surface area contributed by atoms with Gasteiger partial charge in [0.1, 0.15) is 5.75 Å². The smallest absolute Gasteiger partial charge is 0.323 e. The molecule has 0 atom stereocenters. The van der Waals surface area contributed by atoms with Crippen molar-refractivity contribution >= 4 is 33.3 Å². The van der Waals surface area contributed by atoms with Crippen molar-refractivity contribution in [2.24, 2.45) is 0 Å². The molecule has 0 radical (unpaired) electrons. The van der Waals surface area contributed by atoms with Crippen LogP contribution in [0.1, 0.15) is 0 Å². The summed E-state index contributed by atoms with van der Waals surface area (Å²) in [6.45, 7) is 0. The van der Waals surface area contributed by atoms with Crippen LogP contribution in [0.4, 0.5) is 16.2 Å². The molecule has 0 bridgehead atoms. The first-order valence-corrected chi connectivity index (χ1v) is 7.96. The number of hydrogen-bond acceptors (Lipinski definition) is 3.